The van der Waals surface area contributed by atoms with Crippen LogP contribution in [0, 0.1) is 5.41 Å². The Morgan fingerprint density at radius 1 is 1.48 bits per heavy atom. The van der Waals surface area contributed by atoms with E-state index in [1.165, 1.54) is 5.56 Å². The molecule has 0 bridgehead atoms. The molecule has 0 aromatic heterocycles. The summed E-state index contributed by atoms with van der Waals surface area (Å²) in [6.45, 7) is 4.33. The van der Waals surface area contributed by atoms with Gasteiger partial charge in [0.05, 0.1) is 5.41 Å². The van der Waals surface area contributed by atoms with Gasteiger partial charge in [-0.3, -0.25) is 9.69 Å². The van der Waals surface area contributed by atoms with Gasteiger partial charge in [-0.15, -0.1) is 0 Å². The summed E-state index contributed by atoms with van der Waals surface area (Å²) in [5.74, 6) is 0.248. The fourth-order valence-electron chi connectivity index (χ4n) is 3.12. The molecule has 5 heteroatoms. The van der Waals surface area contributed by atoms with Crippen LogP contribution in [0.1, 0.15) is 25.3 Å². The maximum Gasteiger partial charge on any atom is 0.309 e. The Morgan fingerprint density at radius 3 is 2.86 bits per heavy atom. The monoisotopic (exact) mass is 309 g/mol. The standard InChI is InChI=1S/C16H20ClNO3/c1-16(15(19)20)4-6-18(7-5-16)10-13-9-11-8-12(17)2-3-14(11)21-13/h2-3,8,13H,4-7,9-10H2,1H3,(H,19,20). The Labute approximate surface area is 129 Å². The maximum atomic E-state index is 11.3. The number of ether oxygens (including phenoxy) is 1. The van der Waals surface area contributed by atoms with Crippen molar-refractivity contribution in [2.45, 2.75) is 32.3 Å². The molecule has 1 N–H and O–H groups in total. The molecule has 2 aliphatic heterocycles. The molecule has 3 rings (SSSR count). The molecule has 1 fully saturated rings. The van der Waals surface area contributed by atoms with Gasteiger partial charge < -0.3 is 9.84 Å². The van der Waals surface area contributed by atoms with Crippen molar-refractivity contribution >= 4 is 17.6 Å². The van der Waals surface area contributed by atoms with Crippen LogP contribution in [-0.2, 0) is 11.2 Å². The minimum Gasteiger partial charge on any atom is -0.488 e. The molecule has 114 valence electrons. The number of rotatable bonds is 3. The van der Waals surface area contributed by atoms with E-state index in [-0.39, 0.29) is 6.10 Å². The predicted octanol–water partition coefficient (Wildman–Crippen LogP) is 2.83. The molecule has 0 spiro atoms. The second-order valence-electron chi connectivity index (χ2n) is 6.36. The van der Waals surface area contributed by atoms with Crippen LogP contribution in [0.5, 0.6) is 5.75 Å². The maximum absolute atomic E-state index is 11.3. The largest absolute Gasteiger partial charge is 0.488 e. The molecule has 21 heavy (non-hydrogen) atoms. The molecular formula is C16H20ClNO3. The number of likely N-dealkylation sites (tertiary alicyclic amines) is 1. The first-order chi connectivity index (χ1) is 9.96. The van der Waals surface area contributed by atoms with E-state index < -0.39 is 11.4 Å². The Hall–Kier alpha value is -1.26. The molecule has 1 atom stereocenters. The third-order valence-electron chi connectivity index (χ3n) is 4.70. The lowest BCUT2D eigenvalue weighted by molar-refractivity contribution is -0.150. The molecular weight excluding hydrogens is 290 g/mol. The molecule has 0 saturated carbocycles. The number of carbonyl (C=O) groups is 1. The fraction of sp³-hybridized carbons (Fsp3) is 0.562. The van der Waals surface area contributed by atoms with Gasteiger partial charge in [0.2, 0.25) is 0 Å². The van der Waals surface area contributed by atoms with Crippen molar-refractivity contribution in [1.82, 2.24) is 4.90 Å². The number of hydrogen-bond donors (Lipinski definition) is 1. The molecule has 1 aromatic rings. The third-order valence-corrected chi connectivity index (χ3v) is 4.94. The second kappa shape index (κ2) is 5.50. The second-order valence-corrected chi connectivity index (χ2v) is 6.80. The number of nitrogens with zero attached hydrogens (tertiary/aromatic N) is 1. The Morgan fingerprint density at radius 2 is 2.19 bits per heavy atom. The molecule has 1 aromatic carbocycles. The summed E-state index contributed by atoms with van der Waals surface area (Å²) in [6, 6.07) is 5.74. The van der Waals surface area contributed by atoms with Crippen molar-refractivity contribution in [3.8, 4) is 5.75 Å². The minimum absolute atomic E-state index is 0.146. The molecule has 2 heterocycles. The first-order valence-corrected chi connectivity index (χ1v) is 7.75. The van der Waals surface area contributed by atoms with Gasteiger partial charge in [0, 0.05) is 18.0 Å². The highest BCUT2D eigenvalue weighted by molar-refractivity contribution is 6.30. The molecule has 0 aliphatic carbocycles. The van der Waals surface area contributed by atoms with Crippen molar-refractivity contribution in [1.29, 1.82) is 0 Å². The van der Waals surface area contributed by atoms with Crippen LogP contribution in [0.3, 0.4) is 0 Å². The van der Waals surface area contributed by atoms with E-state index in [0.717, 1.165) is 36.8 Å². The van der Waals surface area contributed by atoms with Gasteiger partial charge in [0.25, 0.3) is 0 Å². The summed E-state index contributed by atoms with van der Waals surface area (Å²) < 4.78 is 5.95. The number of carboxylic acid groups (broad SMARTS) is 1. The van der Waals surface area contributed by atoms with Crippen LogP contribution in [0.25, 0.3) is 0 Å². The summed E-state index contributed by atoms with van der Waals surface area (Å²) in [7, 11) is 0. The third kappa shape index (κ3) is 3.01. The average molecular weight is 310 g/mol. The van der Waals surface area contributed by atoms with E-state index in [1.807, 2.05) is 25.1 Å². The van der Waals surface area contributed by atoms with Gasteiger partial charge in [0.1, 0.15) is 11.9 Å². The Kier molecular flexibility index (Phi) is 3.84. The Bertz CT molecular complexity index is 552. The summed E-state index contributed by atoms with van der Waals surface area (Å²) >= 11 is 6.00. The number of benzene rings is 1. The molecule has 2 aliphatic rings. The van der Waals surface area contributed by atoms with Gasteiger partial charge in [0.15, 0.2) is 0 Å². The smallest absolute Gasteiger partial charge is 0.309 e. The van der Waals surface area contributed by atoms with E-state index >= 15 is 0 Å². The summed E-state index contributed by atoms with van der Waals surface area (Å²) in [6.07, 6.45) is 2.43. The van der Waals surface area contributed by atoms with Gasteiger partial charge in [-0.1, -0.05) is 11.6 Å². The van der Waals surface area contributed by atoms with Crippen molar-refractivity contribution in [3.63, 3.8) is 0 Å². The lowest BCUT2D eigenvalue weighted by Crippen LogP contribution is -2.45. The van der Waals surface area contributed by atoms with Crippen LogP contribution in [-0.4, -0.2) is 41.7 Å². The lowest BCUT2D eigenvalue weighted by Gasteiger charge is -2.37. The molecule has 1 saturated heterocycles. The van der Waals surface area contributed by atoms with Crippen molar-refractivity contribution < 1.29 is 14.6 Å². The van der Waals surface area contributed by atoms with Crippen molar-refractivity contribution in [3.05, 3.63) is 28.8 Å². The van der Waals surface area contributed by atoms with Gasteiger partial charge in [-0.2, -0.15) is 0 Å². The normalized spacial score (nSPS) is 24.4. The number of halogens is 1. The first kappa shape index (κ1) is 14.7. The number of aliphatic carboxylic acids is 1. The van der Waals surface area contributed by atoms with E-state index in [0.29, 0.717) is 12.8 Å². The average Bonchev–Trinajstić information content (AvgIpc) is 2.82. The van der Waals surface area contributed by atoms with Crippen molar-refractivity contribution in [2.75, 3.05) is 19.6 Å². The van der Waals surface area contributed by atoms with E-state index in [4.69, 9.17) is 16.3 Å². The fourth-order valence-corrected chi connectivity index (χ4v) is 3.32. The SMILES string of the molecule is CC1(C(=O)O)CCN(CC2Cc3cc(Cl)ccc3O2)CC1. The summed E-state index contributed by atoms with van der Waals surface area (Å²) in [5, 5.41) is 10.0. The number of carboxylic acids is 1. The zero-order valence-electron chi connectivity index (χ0n) is 12.1. The number of hydrogen-bond acceptors (Lipinski definition) is 3. The highest BCUT2D eigenvalue weighted by Gasteiger charge is 2.37. The highest BCUT2D eigenvalue weighted by Crippen LogP contribution is 2.34. The zero-order valence-corrected chi connectivity index (χ0v) is 12.9. The van der Waals surface area contributed by atoms with E-state index in [9.17, 15) is 9.90 Å². The van der Waals surface area contributed by atoms with Crippen LogP contribution in [0.4, 0.5) is 0 Å². The quantitative estimate of drug-likeness (QED) is 0.933. The first-order valence-electron chi connectivity index (χ1n) is 7.37. The van der Waals surface area contributed by atoms with Crippen LogP contribution < -0.4 is 4.74 Å². The molecule has 0 radical (unpaired) electrons. The molecule has 1 unspecified atom stereocenters. The van der Waals surface area contributed by atoms with E-state index in [1.54, 1.807) is 0 Å². The molecule has 0 amide bonds. The van der Waals surface area contributed by atoms with Crippen LogP contribution in [0.2, 0.25) is 5.02 Å². The zero-order chi connectivity index (χ0) is 15.0. The minimum atomic E-state index is -0.679. The lowest BCUT2D eigenvalue weighted by atomic mass is 9.80. The van der Waals surface area contributed by atoms with Crippen LogP contribution >= 0.6 is 11.6 Å². The molecule has 4 nitrogen and oxygen atoms in total. The summed E-state index contributed by atoms with van der Waals surface area (Å²) in [5.41, 5.74) is 0.601. The number of fused-ring (bicyclic) bond motifs is 1. The van der Waals surface area contributed by atoms with Crippen LogP contribution in [0.15, 0.2) is 18.2 Å². The summed E-state index contributed by atoms with van der Waals surface area (Å²) in [4.78, 5) is 13.6. The highest BCUT2D eigenvalue weighted by atomic mass is 35.5. The predicted molar refractivity (Wildman–Crippen MR) is 81.0 cm³/mol. The Balaban J connectivity index is 1.55. The van der Waals surface area contributed by atoms with Gasteiger partial charge >= 0.3 is 5.97 Å². The number of piperidine rings is 1. The van der Waals surface area contributed by atoms with E-state index in [2.05, 4.69) is 4.90 Å². The topological polar surface area (TPSA) is 49.8 Å². The van der Waals surface area contributed by atoms with Gasteiger partial charge in [-0.05, 0) is 56.6 Å². The van der Waals surface area contributed by atoms with Gasteiger partial charge in [-0.25, -0.2) is 0 Å². The van der Waals surface area contributed by atoms with Crippen molar-refractivity contribution in [2.24, 2.45) is 5.41 Å².